The highest BCUT2D eigenvalue weighted by Crippen LogP contribution is 2.23. The van der Waals surface area contributed by atoms with Crippen LogP contribution in [0.25, 0.3) is 0 Å². The van der Waals surface area contributed by atoms with Crippen LogP contribution in [0.1, 0.15) is 55.3 Å². The van der Waals surface area contributed by atoms with Gasteiger partial charge in [-0.25, -0.2) is 21.9 Å². The van der Waals surface area contributed by atoms with E-state index in [-0.39, 0.29) is 22.2 Å². The predicted octanol–water partition coefficient (Wildman–Crippen LogP) is 4.61. The van der Waals surface area contributed by atoms with Gasteiger partial charge in [-0.15, -0.1) is 0 Å². The Morgan fingerprint density at radius 3 is 2.21 bits per heavy atom. The molecule has 1 saturated carbocycles. The van der Waals surface area contributed by atoms with Crippen LogP contribution in [0.15, 0.2) is 47.4 Å². The molecule has 0 spiro atoms. The number of carbonyl (C=O) groups excluding carboxylic acids is 1. The molecule has 0 radical (unpaired) electrons. The van der Waals surface area contributed by atoms with Gasteiger partial charge in [-0.05, 0) is 43.2 Å². The largest absolute Gasteiger partial charge is 0.319 e. The topological polar surface area (TPSA) is 75.3 Å². The van der Waals surface area contributed by atoms with Crippen LogP contribution in [0, 0.1) is 11.6 Å². The monoisotopic (exact) mass is 422 g/mol. The number of anilines is 1. The minimum Gasteiger partial charge on any atom is -0.319 e. The molecule has 0 unspecified atom stereocenters. The normalized spacial score (nSPS) is 16.1. The molecule has 0 heterocycles. The maximum atomic E-state index is 14.5. The van der Waals surface area contributed by atoms with Gasteiger partial charge in [-0.3, -0.25) is 4.79 Å². The lowest BCUT2D eigenvalue weighted by Gasteiger charge is -2.21. The van der Waals surface area contributed by atoms with E-state index in [4.69, 9.17) is 0 Å². The van der Waals surface area contributed by atoms with Crippen LogP contribution in [0.4, 0.5) is 14.5 Å². The van der Waals surface area contributed by atoms with Crippen LogP contribution in [0.3, 0.4) is 0 Å². The molecule has 0 aliphatic heterocycles. The molecule has 0 saturated heterocycles. The second-order valence-corrected chi connectivity index (χ2v) is 8.95. The number of hydrogen-bond acceptors (Lipinski definition) is 3. The Balaban J connectivity index is 1.72. The van der Waals surface area contributed by atoms with Crippen molar-refractivity contribution in [2.75, 3.05) is 5.32 Å². The van der Waals surface area contributed by atoms with Gasteiger partial charge in [0.25, 0.3) is 5.91 Å². The highest BCUT2D eigenvalue weighted by molar-refractivity contribution is 7.89. The number of halogens is 2. The summed E-state index contributed by atoms with van der Waals surface area (Å²) in [5.41, 5.74) is -0.447. The Kier molecular flexibility index (Phi) is 6.97. The molecule has 0 bridgehead atoms. The smallest absolute Gasteiger partial charge is 0.258 e. The van der Waals surface area contributed by atoms with Gasteiger partial charge in [0.05, 0.1) is 16.1 Å². The van der Waals surface area contributed by atoms with E-state index in [1.807, 2.05) is 0 Å². The number of amides is 1. The Labute approximate surface area is 169 Å². The van der Waals surface area contributed by atoms with Gasteiger partial charge in [-0.2, -0.15) is 0 Å². The zero-order chi connectivity index (χ0) is 20.9. The maximum Gasteiger partial charge on any atom is 0.258 e. The Morgan fingerprint density at radius 1 is 0.897 bits per heavy atom. The molecule has 0 atom stereocenters. The first-order chi connectivity index (χ1) is 13.9. The highest BCUT2D eigenvalue weighted by atomic mass is 32.2. The van der Waals surface area contributed by atoms with Gasteiger partial charge in [0.15, 0.2) is 0 Å². The Morgan fingerprint density at radius 2 is 1.55 bits per heavy atom. The summed E-state index contributed by atoms with van der Waals surface area (Å²) in [5.74, 6) is -2.45. The lowest BCUT2D eigenvalue weighted by atomic mass is 9.97. The number of hydrogen-bond donors (Lipinski definition) is 2. The van der Waals surface area contributed by atoms with Gasteiger partial charge in [0.1, 0.15) is 11.6 Å². The SMILES string of the molecule is O=C(Nc1ccc(S(=O)(=O)NC2CCCCCCC2)cc1F)c1ccccc1F. The van der Waals surface area contributed by atoms with E-state index in [1.165, 1.54) is 36.8 Å². The Hall–Kier alpha value is -2.32. The molecule has 156 valence electrons. The fourth-order valence-corrected chi connectivity index (χ4v) is 4.78. The zero-order valence-electron chi connectivity index (χ0n) is 16.0. The number of carbonyl (C=O) groups is 1. The summed E-state index contributed by atoms with van der Waals surface area (Å²) in [6.45, 7) is 0. The fraction of sp³-hybridized carbons (Fsp3) is 0.381. The number of benzene rings is 2. The van der Waals surface area contributed by atoms with Crippen LogP contribution in [-0.4, -0.2) is 20.4 Å². The molecular formula is C21H24F2N2O3S. The molecule has 29 heavy (non-hydrogen) atoms. The average molecular weight is 422 g/mol. The van der Waals surface area contributed by atoms with Gasteiger partial charge >= 0.3 is 0 Å². The summed E-state index contributed by atoms with van der Waals surface area (Å²) in [7, 11) is -3.88. The van der Waals surface area contributed by atoms with Gasteiger partial charge in [-0.1, -0.05) is 44.2 Å². The van der Waals surface area contributed by atoms with E-state index < -0.39 is 27.6 Å². The molecule has 1 amide bonds. The standard InChI is InChI=1S/C21H24F2N2O3S/c22-18-11-7-6-10-17(18)21(26)24-20-13-12-16(14-19(20)23)29(27,28)25-15-8-4-2-1-3-5-9-15/h6-7,10-15,25H,1-5,8-9H2,(H,24,26). The van der Waals surface area contributed by atoms with Gasteiger partial charge < -0.3 is 5.32 Å². The predicted molar refractivity (Wildman–Crippen MR) is 107 cm³/mol. The summed E-state index contributed by atoms with van der Waals surface area (Å²) in [4.78, 5) is 11.9. The molecule has 2 aromatic rings. The van der Waals surface area contributed by atoms with Crippen molar-refractivity contribution in [2.24, 2.45) is 0 Å². The maximum absolute atomic E-state index is 14.5. The van der Waals surface area contributed by atoms with E-state index in [9.17, 15) is 22.0 Å². The second kappa shape index (κ2) is 9.45. The van der Waals surface area contributed by atoms with Crippen LogP contribution < -0.4 is 10.0 Å². The van der Waals surface area contributed by atoms with E-state index >= 15 is 0 Å². The summed E-state index contributed by atoms with van der Waals surface area (Å²) in [6.07, 6.45) is 6.79. The van der Waals surface area contributed by atoms with Gasteiger partial charge in [0.2, 0.25) is 10.0 Å². The summed E-state index contributed by atoms with van der Waals surface area (Å²) >= 11 is 0. The third kappa shape index (κ3) is 5.61. The van der Waals surface area contributed by atoms with Crippen molar-refractivity contribution in [1.29, 1.82) is 0 Å². The highest BCUT2D eigenvalue weighted by Gasteiger charge is 2.22. The molecule has 2 N–H and O–H groups in total. The van der Waals surface area contributed by atoms with E-state index in [1.54, 1.807) is 0 Å². The molecule has 1 fully saturated rings. The number of sulfonamides is 1. The third-order valence-electron chi connectivity index (χ3n) is 5.04. The third-order valence-corrected chi connectivity index (χ3v) is 6.56. The number of rotatable bonds is 5. The van der Waals surface area contributed by atoms with Crippen molar-refractivity contribution < 1.29 is 22.0 Å². The first-order valence-corrected chi connectivity index (χ1v) is 11.2. The minimum atomic E-state index is -3.88. The Bertz CT molecular complexity index is 972. The van der Waals surface area contributed by atoms with Crippen molar-refractivity contribution in [3.05, 3.63) is 59.7 Å². The average Bonchev–Trinajstić information content (AvgIpc) is 2.65. The van der Waals surface area contributed by atoms with E-state index in [0.717, 1.165) is 50.7 Å². The van der Waals surface area contributed by atoms with Crippen LogP contribution >= 0.6 is 0 Å². The first-order valence-electron chi connectivity index (χ1n) is 9.74. The van der Waals surface area contributed by atoms with E-state index in [0.29, 0.717) is 0 Å². The van der Waals surface area contributed by atoms with Crippen LogP contribution in [-0.2, 0) is 10.0 Å². The van der Waals surface area contributed by atoms with Crippen molar-refractivity contribution in [1.82, 2.24) is 4.72 Å². The summed E-state index contributed by atoms with van der Waals surface area (Å²) in [6, 6.07) is 8.43. The molecule has 2 aromatic carbocycles. The number of nitrogens with one attached hydrogen (secondary N) is 2. The lowest BCUT2D eigenvalue weighted by Crippen LogP contribution is -2.35. The fourth-order valence-electron chi connectivity index (χ4n) is 3.46. The molecule has 8 heteroatoms. The second-order valence-electron chi connectivity index (χ2n) is 7.24. The van der Waals surface area contributed by atoms with Crippen LogP contribution in [0.2, 0.25) is 0 Å². The molecule has 1 aliphatic rings. The molecule has 1 aliphatic carbocycles. The first kappa shape index (κ1) is 21.4. The van der Waals surface area contributed by atoms with Crippen molar-refractivity contribution >= 4 is 21.6 Å². The molecule has 3 rings (SSSR count). The van der Waals surface area contributed by atoms with Crippen molar-refractivity contribution in [2.45, 2.75) is 55.9 Å². The molecule has 0 aromatic heterocycles. The lowest BCUT2D eigenvalue weighted by molar-refractivity contribution is 0.102. The summed E-state index contributed by atoms with van der Waals surface area (Å²) in [5, 5.41) is 2.27. The van der Waals surface area contributed by atoms with Crippen molar-refractivity contribution in [3.8, 4) is 0 Å². The van der Waals surface area contributed by atoms with Crippen molar-refractivity contribution in [3.63, 3.8) is 0 Å². The zero-order valence-corrected chi connectivity index (χ0v) is 16.8. The molecule has 5 nitrogen and oxygen atoms in total. The minimum absolute atomic E-state index is 0.163. The molecular weight excluding hydrogens is 398 g/mol. The van der Waals surface area contributed by atoms with Gasteiger partial charge in [0, 0.05) is 6.04 Å². The van der Waals surface area contributed by atoms with Crippen LogP contribution in [0.5, 0.6) is 0 Å². The van der Waals surface area contributed by atoms with E-state index in [2.05, 4.69) is 10.0 Å². The summed E-state index contributed by atoms with van der Waals surface area (Å²) < 4.78 is 56.1. The quantitative estimate of drug-likeness (QED) is 0.739.